The molecule has 3 rings (SSSR count). The fourth-order valence-electron chi connectivity index (χ4n) is 3.08. The molecule has 1 atom stereocenters. The van der Waals surface area contributed by atoms with Crippen molar-refractivity contribution in [3.8, 4) is 11.5 Å². The highest BCUT2D eigenvalue weighted by atomic mass is 16.6. The Morgan fingerprint density at radius 3 is 2.48 bits per heavy atom. The summed E-state index contributed by atoms with van der Waals surface area (Å²) in [5.41, 5.74) is 2.66. The van der Waals surface area contributed by atoms with Gasteiger partial charge < -0.3 is 19.7 Å². The molecule has 2 heterocycles. The van der Waals surface area contributed by atoms with E-state index in [1.807, 2.05) is 0 Å². The molecule has 0 saturated carbocycles. The lowest BCUT2D eigenvalue weighted by molar-refractivity contribution is 0.171. The van der Waals surface area contributed by atoms with Crippen molar-refractivity contribution in [3.05, 3.63) is 12.1 Å². The number of ether oxygens (including phenoxy) is 2. The second-order valence-corrected chi connectivity index (χ2v) is 7.14. The fourth-order valence-corrected chi connectivity index (χ4v) is 3.08. The van der Waals surface area contributed by atoms with Crippen LogP contribution in [0.5, 0.6) is 11.5 Å². The topological polar surface area (TPSA) is 33.7 Å². The molecule has 0 amide bonds. The number of nitrogens with one attached hydrogen (secondary N) is 1. The maximum atomic E-state index is 5.76. The Labute approximate surface area is 127 Å². The van der Waals surface area contributed by atoms with E-state index < -0.39 is 0 Å². The van der Waals surface area contributed by atoms with Gasteiger partial charge in [-0.05, 0) is 11.8 Å². The molecule has 21 heavy (non-hydrogen) atoms. The van der Waals surface area contributed by atoms with E-state index in [4.69, 9.17) is 9.47 Å². The lowest BCUT2D eigenvalue weighted by atomic mass is 9.93. The minimum absolute atomic E-state index is 0.259. The van der Waals surface area contributed by atoms with E-state index in [2.05, 4.69) is 50.0 Å². The normalized spacial score (nSPS) is 20.8. The highest BCUT2D eigenvalue weighted by Gasteiger charge is 2.30. The molecule has 1 unspecified atom stereocenters. The molecule has 2 aliphatic rings. The molecule has 4 heteroatoms. The van der Waals surface area contributed by atoms with Crippen LogP contribution in [0.15, 0.2) is 12.1 Å². The number of anilines is 2. The van der Waals surface area contributed by atoms with Gasteiger partial charge in [0, 0.05) is 31.3 Å². The van der Waals surface area contributed by atoms with E-state index in [1.165, 1.54) is 5.69 Å². The van der Waals surface area contributed by atoms with E-state index in [-0.39, 0.29) is 5.41 Å². The third-order valence-electron chi connectivity index (χ3n) is 4.05. The summed E-state index contributed by atoms with van der Waals surface area (Å²) in [7, 11) is 0. The van der Waals surface area contributed by atoms with Gasteiger partial charge in [-0.2, -0.15) is 0 Å². The molecular formula is C17H26N2O2. The Morgan fingerprint density at radius 2 is 1.86 bits per heavy atom. The molecule has 2 aliphatic heterocycles. The number of rotatable bonds is 2. The van der Waals surface area contributed by atoms with Crippen LogP contribution in [0.4, 0.5) is 11.4 Å². The standard InChI is InChI=1S/C17H26N2O2/c1-5-12-10-18-13-8-15-16(21-7-6-20-15)9-14(13)19(12)11-17(2,3)4/h8-9,12,18H,5-7,10-11H2,1-4H3. The van der Waals surface area contributed by atoms with E-state index in [1.54, 1.807) is 0 Å². The van der Waals surface area contributed by atoms with Crippen LogP contribution in [0.2, 0.25) is 0 Å². The average molecular weight is 290 g/mol. The lowest BCUT2D eigenvalue weighted by Gasteiger charge is -2.43. The summed E-state index contributed by atoms with van der Waals surface area (Å²) in [6.45, 7) is 12.4. The molecule has 4 nitrogen and oxygen atoms in total. The maximum Gasteiger partial charge on any atom is 0.163 e. The van der Waals surface area contributed by atoms with Gasteiger partial charge in [-0.25, -0.2) is 0 Å². The van der Waals surface area contributed by atoms with Gasteiger partial charge in [0.2, 0.25) is 0 Å². The van der Waals surface area contributed by atoms with E-state index in [0.717, 1.165) is 36.7 Å². The predicted octanol–water partition coefficient (Wildman–Crippen LogP) is 3.51. The summed E-state index contributed by atoms with van der Waals surface area (Å²) in [4.78, 5) is 2.53. The van der Waals surface area contributed by atoms with Crippen LogP contribution in [0, 0.1) is 5.41 Å². The summed E-state index contributed by atoms with van der Waals surface area (Å²) in [5.74, 6) is 1.73. The molecule has 1 aromatic carbocycles. The molecule has 1 N–H and O–H groups in total. The molecule has 0 aliphatic carbocycles. The van der Waals surface area contributed by atoms with Gasteiger partial charge in [-0.1, -0.05) is 27.7 Å². The first-order valence-corrected chi connectivity index (χ1v) is 7.92. The van der Waals surface area contributed by atoms with Crippen molar-refractivity contribution in [1.82, 2.24) is 0 Å². The van der Waals surface area contributed by atoms with Crippen molar-refractivity contribution < 1.29 is 9.47 Å². The van der Waals surface area contributed by atoms with Gasteiger partial charge in [0.05, 0.1) is 11.4 Å². The van der Waals surface area contributed by atoms with Crippen LogP contribution in [0.25, 0.3) is 0 Å². The highest BCUT2D eigenvalue weighted by molar-refractivity contribution is 5.77. The largest absolute Gasteiger partial charge is 0.486 e. The van der Waals surface area contributed by atoms with Crippen molar-refractivity contribution in [2.75, 3.05) is 36.5 Å². The second kappa shape index (κ2) is 5.32. The molecule has 0 bridgehead atoms. The Hall–Kier alpha value is -1.58. The van der Waals surface area contributed by atoms with Crippen LogP contribution in [-0.4, -0.2) is 32.3 Å². The second-order valence-electron chi connectivity index (χ2n) is 7.14. The number of benzene rings is 1. The van der Waals surface area contributed by atoms with Crippen LogP contribution in [0.1, 0.15) is 34.1 Å². The Morgan fingerprint density at radius 1 is 1.19 bits per heavy atom. The minimum Gasteiger partial charge on any atom is -0.486 e. The number of hydrogen-bond donors (Lipinski definition) is 1. The zero-order chi connectivity index (χ0) is 15.0. The third kappa shape index (κ3) is 2.89. The first kappa shape index (κ1) is 14.4. The first-order chi connectivity index (χ1) is 9.98. The van der Waals surface area contributed by atoms with Crippen molar-refractivity contribution >= 4 is 11.4 Å². The summed E-state index contributed by atoms with van der Waals surface area (Å²) >= 11 is 0. The van der Waals surface area contributed by atoms with Gasteiger partial charge in [0.15, 0.2) is 11.5 Å². The summed E-state index contributed by atoms with van der Waals surface area (Å²) < 4.78 is 11.5. The zero-order valence-corrected chi connectivity index (χ0v) is 13.5. The van der Waals surface area contributed by atoms with Crippen LogP contribution in [-0.2, 0) is 0 Å². The Bertz CT molecular complexity index is 522. The van der Waals surface area contributed by atoms with Crippen LogP contribution >= 0.6 is 0 Å². The summed E-state index contributed by atoms with van der Waals surface area (Å²) in [6, 6.07) is 4.76. The lowest BCUT2D eigenvalue weighted by Crippen LogP contribution is -2.47. The molecule has 0 aromatic heterocycles. The Balaban J connectivity index is 1.99. The number of nitrogens with zero attached hydrogens (tertiary/aromatic N) is 1. The van der Waals surface area contributed by atoms with E-state index in [0.29, 0.717) is 19.3 Å². The quantitative estimate of drug-likeness (QED) is 0.903. The molecule has 0 radical (unpaired) electrons. The zero-order valence-electron chi connectivity index (χ0n) is 13.5. The summed E-state index contributed by atoms with van der Waals surface area (Å²) in [5, 5.41) is 3.55. The van der Waals surface area contributed by atoms with Gasteiger partial charge in [0.1, 0.15) is 13.2 Å². The number of hydrogen-bond acceptors (Lipinski definition) is 4. The molecule has 1 aromatic rings. The monoisotopic (exact) mass is 290 g/mol. The van der Waals surface area contributed by atoms with Crippen LogP contribution in [0.3, 0.4) is 0 Å². The number of fused-ring (bicyclic) bond motifs is 2. The van der Waals surface area contributed by atoms with Gasteiger partial charge >= 0.3 is 0 Å². The van der Waals surface area contributed by atoms with Gasteiger partial charge in [-0.3, -0.25) is 0 Å². The molecule has 0 fully saturated rings. The third-order valence-corrected chi connectivity index (χ3v) is 4.05. The van der Waals surface area contributed by atoms with Crippen LogP contribution < -0.4 is 19.7 Å². The van der Waals surface area contributed by atoms with Crippen molar-refractivity contribution in [1.29, 1.82) is 0 Å². The van der Waals surface area contributed by atoms with E-state index >= 15 is 0 Å². The van der Waals surface area contributed by atoms with Gasteiger partial charge in [0.25, 0.3) is 0 Å². The SMILES string of the molecule is CCC1CNc2cc3c(cc2N1CC(C)(C)C)OCCO3. The molecular weight excluding hydrogens is 264 g/mol. The molecule has 0 saturated heterocycles. The van der Waals surface area contributed by atoms with Crippen molar-refractivity contribution in [2.24, 2.45) is 5.41 Å². The van der Waals surface area contributed by atoms with Gasteiger partial charge in [-0.15, -0.1) is 0 Å². The Kier molecular flexibility index (Phi) is 3.64. The molecule has 116 valence electrons. The van der Waals surface area contributed by atoms with Crippen molar-refractivity contribution in [2.45, 2.75) is 40.2 Å². The average Bonchev–Trinajstić information content (AvgIpc) is 2.44. The summed E-state index contributed by atoms with van der Waals surface area (Å²) in [6.07, 6.45) is 1.14. The molecule has 0 spiro atoms. The first-order valence-electron chi connectivity index (χ1n) is 7.92. The highest BCUT2D eigenvalue weighted by Crippen LogP contribution is 2.43. The van der Waals surface area contributed by atoms with E-state index in [9.17, 15) is 0 Å². The minimum atomic E-state index is 0.259. The smallest absolute Gasteiger partial charge is 0.163 e. The predicted molar refractivity (Wildman–Crippen MR) is 86.8 cm³/mol. The van der Waals surface area contributed by atoms with Crippen molar-refractivity contribution in [3.63, 3.8) is 0 Å². The fraction of sp³-hybridized carbons (Fsp3) is 0.647. The maximum absolute atomic E-state index is 5.76.